The van der Waals surface area contributed by atoms with Crippen molar-refractivity contribution in [2.24, 2.45) is 0 Å². The minimum absolute atomic E-state index is 0.0731. The molecule has 3 aromatic rings. The van der Waals surface area contributed by atoms with Gasteiger partial charge in [-0.2, -0.15) is 4.52 Å². The van der Waals surface area contributed by atoms with Crippen molar-refractivity contribution in [2.45, 2.75) is 25.8 Å². The van der Waals surface area contributed by atoms with Crippen molar-refractivity contribution in [3.05, 3.63) is 44.5 Å². The molecule has 0 saturated carbocycles. The fraction of sp³-hybridized carbons (Fsp3) is 0.375. The molecule has 1 fully saturated rings. The van der Waals surface area contributed by atoms with Gasteiger partial charge in [-0.3, -0.25) is 4.90 Å². The van der Waals surface area contributed by atoms with Gasteiger partial charge in [0.2, 0.25) is 10.8 Å². The molecular weight excluding hydrogens is 367 g/mol. The molecule has 1 saturated heterocycles. The van der Waals surface area contributed by atoms with Crippen LogP contribution in [0.5, 0.6) is 5.88 Å². The lowest BCUT2D eigenvalue weighted by atomic mass is 10.0. The van der Waals surface area contributed by atoms with Crippen LogP contribution >= 0.6 is 34.5 Å². The maximum Gasteiger partial charge on any atom is 0.230 e. The van der Waals surface area contributed by atoms with Crippen LogP contribution in [0, 0.1) is 6.92 Å². The SMILES string of the molecule is Cc1nc2sc(C(c3ccc(Cl)c(Cl)c3)N3CCCC3)c(O)n2n1. The van der Waals surface area contributed by atoms with Gasteiger partial charge in [-0.1, -0.05) is 40.6 Å². The number of benzene rings is 1. The van der Waals surface area contributed by atoms with E-state index in [2.05, 4.69) is 15.0 Å². The molecule has 126 valence electrons. The molecule has 1 atom stereocenters. The zero-order valence-corrected chi connectivity index (χ0v) is 15.4. The van der Waals surface area contributed by atoms with Crippen molar-refractivity contribution < 1.29 is 5.11 Å². The largest absolute Gasteiger partial charge is 0.492 e. The van der Waals surface area contributed by atoms with E-state index in [1.165, 1.54) is 15.9 Å². The van der Waals surface area contributed by atoms with Crippen LogP contribution in [-0.2, 0) is 0 Å². The van der Waals surface area contributed by atoms with Crippen molar-refractivity contribution in [1.29, 1.82) is 0 Å². The molecule has 2 aromatic heterocycles. The van der Waals surface area contributed by atoms with E-state index in [1.54, 1.807) is 6.07 Å². The Morgan fingerprint density at radius 3 is 2.62 bits per heavy atom. The van der Waals surface area contributed by atoms with Gasteiger partial charge < -0.3 is 5.11 Å². The number of likely N-dealkylation sites (tertiary alicyclic amines) is 1. The highest BCUT2D eigenvalue weighted by Crippen LogP contribution is 2.42. The van der Waals surface area contributed by atoms with Crippen molar-refractivity contribution in [3.8, 4) is 5.88 Å². The average molecular weight is 383 g/mol. The van der Waals surface area contributed by atoms with E-state index >= 15 is 0 Å². The van der Waals surface area contributed by atoms with Crippen molar-refractivity contribution in [2.75, 3.05) is 13.1 Å². The standard InChI is InChI=1S/C16H16Cl2N4OS/c1-9-19-16-22(20-9)15(23)14(24-16)13(21-6-2-3-7-21)10-4-5-11(17)12(18)8-10/h4-5,8,13,23H,2-3,6-7H2,1H3. The summed E-state index contributed by atoms with van der Waals surface area (Å²) in [7, 11) is 0. The van der Waals surface area contributed by atoms with Crippen molar-refractivity contribution >= 4 is 39.5 Å². The fourth-order valence-electron chi connectivity index (χ4n) is 3.24. The average Bonchev–Trinajstić information content (AvgIpc) is 3.24. The molecule has 0 bridgehead atoms. The number of hydrogen-bond donors (Lipinski definition) is 1. The maximum absolute atomic E-state index is 10.7. The summed E-state index contributed by atoms with van der Waals surface area (Å²) in [4.78, 5) is 8.27. The zero-order valence-electron chi connectivity index (χ0n) is 13.0. The van der Waals surface area contributed by atoms with Gasteiger partial charge in [0.05, 0.1) is 21.0 Å². The number of aromatic nitrogens is 3. The second-order valence-corrected chi connectivity index (χ2v) is 7.79. The first-order chi connectivity index (χ1) is 11.5. The molecule has 1 N–H and O–H groups in total. The molecule has 1 aliphatic rings. The molecule has 8 heteroatoms. The van der Waals surface area contributed by atoms with Gasteiger partial charge in [0.1, 0.15) is 5.82 Å². The van der Waals surface area contributed by atoms with Crippen LogP contribution in [0.4, 0.5) is 0 Å². The molecule has 0 spiro atoms. The highest BCUT2D eigenvalue weighted by Gasteiger charge is 2.31. The summed E-state index contributed by atoms with van der Waals surface area (Å²) in [6, 6.07) is 5.59. The second-order valence-electron chi connectivity index (χ2n) is 5.96. The summed E-state index contributed by atoms with van der Waals surface area (Å²) in [5.41, 5.74) is 1.02. The fourth-order valence-corrected chi connectivity index (χ4v) is 4.71. The summed E-state index contributed by atoms with van der Waals surface area (Å²) < 4.78 is 1.51. The second kappa shape index (κ2) is 6.19. The van der Waals surface area contributed by atoms with Crippen molar-refractivity contribution in [3.63, 3.8) is 0 Å². The first-order valence-electron chi connectivity index (χ1n) is 7.78. The van der Waals surface area contributed by atoms with Gasteiger partial charge in [0.25, 0.3) is 0 Å². The predicted molar refractivity (Wildman–Crippen MR) is 96.4 cm³/mol. The Balaban J connectivity index is 1.86. The van der Waals surface area contributed by atoms with Crippen LogP contribution in [0.1, 0.15) is 35.1 Å². The monoisotopic (exact) mass is 382 g/mol. The third kappa shape index (κ3) is 2.67. The van der Waals surface area contributed by atoms with E-state index in [4.69, 9.17) is 23.2 Å². The highest BCUT2D eigenvalue weighted by atomic mass is 35.5. The van der Waals surface area contributed by atoms with Crippen LogP contribution < -0.4 is 0 Å². The number of hydrogen-bond acceptors (Lipinski definition) is 5. The Hall–Kier alpha value is -1.34. The molecular formula is C16H16Cl2N4OS. The molecule has 1 unspecified atom stereocenters. The smallest absolute Gasteiger partial charge is 0.230 e. The van der Waals surface area contributed by atoms with Gasteiger partial charge in [-0.25, -0.2) is 4.98 Å². The molecule has 0 radical (unpaired) electrons. The molecule has 3 heterocycles. The summed E-state index contributed by atoms with van der Waals surface area (Å²) in [5, 5.41) is 16.0. The summed E-state index contributed by atoms with van der Waals surface area (Å²) in [6.07, 6.45) is 2.30. The number of thiazole rings is 1. The quantitative estimate of drug-likeness (QED) is 0.733. The number of nitrogens with zero attached hydrogens (tertiary/aromatic N) is 4. The van der Waals surface area contributed by atoms with E-state index in [1.807, 2.05) is 19.1 Å². The third-order valence-electron chi connectivity index (χ3n) is 4.32. The van der Waals surface area contributed by atoms with E-state index in [0.717, 1.165) is 36.4 Å². The first kappa shape index (κ1) is 16.1. The number of halogens is 2. The number of fused-ring (bicyclic) bond motifs is 1. The van der Waals surface area contributed by atoms with Crippen LogP contribution in [-0.4, -0.2) is 37.7 Å². The molecule has 1 aromatic carbocycles. The number of rotatable bonds is 3. The summed E-state index contributed by atoms with van der Waals surface area (Å²) in [6.45, 7) is 3.78. The summed E-state index contributed by atoms with van der Waals surface area (Å²) >= 11 is 13.8. The van der Waals surface area contributed by atoms with Crippen LogP contribution in [0.25, 0.3) is 4.96 Å². The van der Waals surface area contributed by atoms with Crippen molar-refractivity contribution in [1.82, 2.24) is 19.5 Å². The van der Waals surface area contributed by atoms with Crippen LogP contribution in [0.2, 0.25) is 10.0 Å². The molecule has 24 heavy (non-hydrogen) atoms. The number of aryl methyl sites for hydroxylation is 1. The zero-order chi connectivity index (χ0) is 16.8. The number of aromatic hydroxyl groups is 1. The van der Waals surface area contributed by atoms with Crippen LogP contribution in [0.15, 0.2) is 18.2 Å². The van der Waals surface area contributed by atoms with Gasteiger partial charge in [0.15, 0.2) is 0 Å². The Morgan fingerprint density at radius 2 is 1.96 bits per heavy atom. The Labute approximate surface area is 153 Å². The van der Waals surface area contributed by atoms with Crippen LogP contribution in [0.3, 0.4) is 0 Å². The van der Waals surface area contributed by atoms with Gasteiger partial charge in [-0.15, -0.1) is 5.10 Å². The first-order valence-corrected chi connectivity index (χ1v) is 9.36. The minimum Gasteiger partial charge on any atom is -0.492 e. The van der Waals surface area contributed by atoms with E-state index in [9.17, 15) is 5.11 Å². The Kier molecular flexibility index (Phi) is 4.16. The third-order valence-corrected chi connectivity index (χ3v) is 6.13. The molecule has 1 aliphatic heterocycles. The molecule has 4 rings (SSSR count). The lowest BCUT2D eigenvalue weighted by molar-refractivity contribution is 0.277. The van der Waals surface area contributed by atoms with E-state index in [0.29, 0.717) is 20.8 Å². The summed E-state index contributed by atoms with van der Waals surface area (Å²) in [5.74, 6) is 0.800. The minimum atomic E-state index is -0.0731. The Bertz CT molecular complexity index is 901. The Morgan fingerprint density at radius 1 is 1.21 bits per heavy atom. The van der Waals surface area contributed by atoms with E-state index < -0.39 is 0 Å². The molecule has 5 nitrogen and oxygen atoms in total. The topological polar surface area (TPSA) is 53.7 Å². The lowest BCUT2D eigenvalue weighted by Gasteiger charge is -2.27. The molecule has 0 aliphatic carbocycles. The molecule has 0 amide bonds. The predicted octanol–water partition coefficient (Wildman–Crippen LogP) is 4.30. The van der Waals surface area contributed by atoms with Gasteiger partial charge >= 0.3 is 0 Å². The normalized spacial score (nSPS) is 17.0. The van der Waals surface area contributed by atoms with E-state index in [-0.39, 0.29) is 11.9 Å². The van der Waals surface area contributed by atoms with Gasteiger partial charge in [0, 0.05) is 0 Å². The lowest BCUT2D eigenvalue weighted by Crippen LogP contribution is -2.26. The highest BCUT2D eigenvalue weighted by molar-refractivity contribution is 7.17. The maximum atomic E-state index is 10.7. The van der Waals surface area contributed by atoms with Gasteiger partial charge in [-0.05, 0) is 50.6 Å².